The summed E-state index contributed by atoms with van der Waals surface area (Å²) >= 11 is 0. The van der Waals surface area contributed by atoms with E-state index in [9.17, 15) is 36.2 Å². The molecular weight excluding hydrogens is 512 g/mol. The first-order valence-corrected chi connectivity index (χ1v) is 13.2. The van der Waals surface area contributed by atoms with E-state index in [1.165, 1.54) is 12.1 Å². The first kappa shape index (κ1) is 27.1. The number of hydrogen-bond acceptors (Lipinski definition) is 3. The molecule has 0 amide bonds. The third-order valence-electron chi connectivity index (χ3n) is 8.45. The van der Waals surface area contributed by atoms with Crippen LogP contribution in [-0.2, 0) is 17.5 Å². The van der Waals surface area contributed by atoms with Gasteiger partial charge in [0.05, 0.1) is 17.9 Å². The van der Waals surface area contributed by atoms with Crippen LogP contribution in [0, 0.1) is 23.7 Å². The number of carboxylic acids is 1. The minimum absolute atomic E-state index is 0.00235. The summed E-state index contributed by atoms with van der Waals surface area (Å²) in [5.74, 6) is -2.18. The van der Waals surface area contributed by atoms with Crippen LogP contribution in [-0.4, -0.2) is 41.3 Å². The fourth-order valence-electron chi connectivity index (χ4n) is 6.79. The summed E-state index contributed by atoms with van der Waals surface area (Å²) in [4.78, 5) is 13.7. The first-order valence-electron chi connectivity index (χ1n) is 13.2. The molecule has 2 bridgehead atoms. The summed E-state index contributed by atoms with van der Waals surface area (Å²) in [6.45, 7) is 2.12. The maximum Gasteiger partial charge on any atom is 0.420 e. The van der Waals surface area contributed by atoms with Crippen LogP contribution in [0.3, 0.4) is 0 Å². The summed E-state index contributed by atoms with van der Waals surface area (Å²) in [6.07, 6.45) is -7.51. The zero-order chi connectivity index (χ0) is 27.2. The van der Waals surface area contributed by atoms with E-state index >= 15 is 0 Å². The van der Waals surface area contributed by atoms with Gasteiger partial charge in [-0.1, -0.05) is 18.2 Å². The Hall–Kier alpha value is -2.49. The van der Waals surface area contributed by atoms with Gasteiger partial charge in [0, 0.05) is 19.6 Å². The molecule has 0 aromatic heterocycles. The second kappa shape index (κ2) is 10.2. The SMILES string of the molecule is O=C(O)[C@@H]1C[C@H]2C[C@@H](C1)CN(Cc1ccc3c(C(F)(F)F)c(OC4CCC(C(F)(F)F)CC4)ccc3c1)C2. The molecule has 5 rings (SSSR count). The number of benzene rings is 2. The molecule has 2 aromatic carbocycles. The highest BCUT2D eigenvalue weighted by Gasteiger charge is 2.43. The molecule has 0 unspecified atom stereocenters. The van der Waals surface area contributed by atoms with Crippen LogP contribution in [0.2, 0.25) is 0 Å². The Kier molecular flexibility index (Phi) is 7.30. The van der Waals surface area contributed by atoms with Crippen molar-refractivity contribution in [2.45, 2.75) is 69.9 Å². The summed E-state index contributed by atoms with van der Waals surface area (Å²) in [6, 6.07) is 7.73. The van der Waals surface area contributed by atoms with Crippen LogP contribution < -0.4 is 4.74 Å². The molecule has 1 heterocycles. The van der Waals surface area contributed by atoms with Gasteiger partial charge in [0.1, 0.15) is 11.3 Å². The van der Waals surface area contributed by atoms with E-state index in [-0.39, 0.29) is 42.7 Å². The summed E-state index contributed by atoms with van der Waals surface area (Å²) in [5, 5.41) is 9.81. The number of hydrogen-bond donors (Lipinski definition) is 1. The van der Waals surface area contributed by atoms with Gasteiger partial charge in [-0.2, -0.15) is 26.3 Å². The van der Waals surface area contributed by atoms with Gasteiger partial charge >= 0.3 is 18.3 Å². The number of carbonyl (C=O) groups is 1. The van der Waals surface area contributed by atoms with E-state index in [1.807, 2.05) is 0 Å². The Morgan fingerprint density at radius 1 is 0.921 bits per heavy atom. The minimum Gasteiger partial charge on any atom is -0.490 e. The van der Waals surface area contributed by atoms with E-state index in [2.05, 4.69) is 4.90 Å². The molecule has 38 heavy (non-hydrogen) atoms. The lowest BCUT2D eigenvalue weighted by Gasteiger charge is -2.43. The summed E-state index contributed by atoms with van der Waals surface area (Å²) in [5.41, 5.74) is -0.0220. The predicted molar refractivity (Wildman–Crippen MR) is 129 cm³/mol. The number of carboxylic acid groups (broad SMARTS) is 1. The maximum absolute atomic E-state index is 14.2. The van der Waals surface area contributed by atoms with Crippen molar-refractivity contribution in [2.75, 3.05) is 13.1 Å². The second-order valence-corrected chi connectivity index (χ2v) is 11.3. The Morgan fingerprint density at radius 2 is 1.58 bits per heavy atom. The van der Waals surface area contributed by atoms with Gasteiger partial charge in [0.15, 0.2) is 0 Å². The highest BCUT2D eigenvalue weighted by Crippen LogP contribution is 2.44. The lowest BCUT2D eigenvalue weighted by Crippen LogP contribution is -2.45. The van der Waals surface area contributed by atoms with Crippen molar-refractivity contribution in [3.8, 4) is 5.75 Å². The molecule has 0 radical (unpaired) electrons. The number of ether oxygens (including phenoxy) is 1. The molecule has 4 nitrogen and oxygen atoms in total. The summed E-state index contributed by atoms with van der Waals surface area (Å²) in [7, 11) is 0. The minimum atomic E-state index is -4.69. The van der Waals surface area contributed by atoms with Crippen LogP contribution in [0.15, 0.2) is 30.3 Å². The molecule has 2 aromatic rings. The van der Waals surface area contributed by atoms with Crippen molar-refractivity contribution in [3.05, 3.63) is 41.5 Å². The number of alkyl halides is 6. The molecule has 1 N–H and O–H groups in total. The third kappa shape index (κ3) is 5.90. The largest absolute Gasteiger partial charge is 0.490 e. The van der Waals surface area contributed by atoms with Gasteiger partial charge in [-0.3, -0.25) is 9.69 Å². The van der Waals surface area contributed by atoms with Crippen molar-refractivity contribution in [3.63, 3.8) is 0 Å². The van der Waals surface area contributed by atoms with Crippen LogP contribution in [0.1, 0.15) is 56.1 Å². The van der Waals surface area contributed by atoms with Gasteiger partial charge in [0.2, 0.25) is 0 Å². The molecule has 3 aliphatic rings. The van der Waals surface area contributed by atoms with Gasteiger partial charge in [-0.05, 0) is 85.3 Å². The van der Waals surface area contributed by atoms with E-state index in [4.69, 9.17) is 4.74 Å². The summed E-state index contributed by atoms with van der Waals surface area (Å²) < 4.78 is 87.0. The zero-order valence-electron chi connectivity index (χ0n) is 20.8. The zero-order valence-corrected chi connectivity index (χ0v) is 20.8. The topological polar surface area (TPSA) is 49.8 Å². The molecular formula is C28H31F6NO3. The lowest BCUT2D eigenvalue weighted by atomic mass is 9.72. The average molecular weight is 544 g/mol. The maximum atomic E-state index is 14.2. The molecule has 10 heteroatoms. The number of nitrogens with zero attached hydrogens (tertiary/aromatic N) is 1. The molecule has 2 aliphatic carbocycles. The molecule has 0 spiro atoms. The molecule has 208 valence electrons. The number of rotatable bonds is 5. The van der Waals surface area contributed by atoms with Crippen molar-refractivity contribution in [1.29, 1.82) is 0 Å². The van der Waals surface area contributed by atoms with Crippen molar-refractivity contribution >= 4 is 16.7 Å². The average Bonchev–Trinajstić information content (AvgIpc) is 2.82. The predicted octanol–water partition coefficient (Wildman–Crippen LogP) is 7.29. The number of likely N-dealkylation sites (tertiary alicyclic amines) is 1. The fraction of sp³-hybridized carbons (Fsp3) is 0.607. The fourth-order valence-corrected chi connectivity index (χ4v) is 6.79. The van der Waals surface area contributed by atoms with Gasteiger partial charge < -0.3 is 9.84 Å². The Bertz CT molecular complexity index is 1160. The van der Waals surface area contributed by atoms with Crippen LogP contribution in [0.25, 0.3) is 10.8 Å². The van der Waals surface area contributed by atoms with E-state index in [0.29, 0.717) is 36.6 Å². The normalized spacial score (nSPS) is 28.8. The van der Waals surface area contributed by atoms with Crippen LogP contribution >= 0.6 is 0 Å². The van der Waals surface area contributed by atoms with Crippen molar-refractivity contribution in [2.24, 2.45) is 23.7 Å². The van der Waals surface area contributed by atoms with E-state index in [1.54, 1.807) is 18.2 Å². The molecule has 3 atom stereocenters. The molecule has 3 fully saturated rings. The van der Waals surface area contributed by atoms with Crippen molar-refractivity contribution in [1.82, 2.24) is 4.90 Å². The Morgan fingerprint density at radius 3 is 2.16 bits per heavy atom. The van der Waals surface area contributed by atoms with Crippen LogP contribution in [0.5, 0.6) is 5.75 Å². The van der Waals surface area contributed by atoms with Gasteiger partial charge in [0.25, 0.3) is 0 Å². The second-order valence-electron chi connectivity index (χ2n) is 11.3. The van der Waals surface area contributed by atoms with Gasteiger partial charge in [-0.25, -0.2) is 0 Å². The number of fused-ring (bicyclic) bond motifs is 3. The van der Waals surface area contributed by atoms with E-state index < -0.39 is 35.9 Å². The van der Waals surface area contributed by atoms with E-state index in [0.717, 1.165) is 25.1 Å². The van der Waals surface area contributed by atoms with Gasteiger partial charge in [-0.15, -0.1) is 0 Å². The number of piperidine rings is 1. The number of halogens is 6. The smallest absolute Gasteiger partial charge is 0.420 e. The van der Waals surface area contributed by atoms with Crippen LogP contribution in [0.4, 0.5) is 26.3 Å². The molecule has 2 saturated carbocycles. The molecule has 1 aliphatic heterocycles. The Balaban J connectivity index is 1.31. The first-order chi connectivity index (χ1) is 17.9. The third-order valence-corrected chi connectivity index (χ3v) is 8.45. The monoisotopic (exact) mass is 543 g/mol. The highest BCUT2D eigenvalue weighted by molar-refractivity contribution is 5.89. The van der Waals surface area contributed by atoms with Crippen molar-refractivity contribution < 1.29 is 41.0 Å². The lowest BCUT2D eigenvalue weighted by molar-refractivity contribution is -0.185. The standard InChI is InChI=1S/C28H31F6NO3/c29-27(30,31)21-3-5-22(6-4-21)38-24-8-2-19-10-16(1-7-23(19)25(24)28(32,33)34)13-35-14-17-9-18(15-35)12-20(11-17)26(36)37/h1-2,7-8,10,17-18,20-22H,3-6,9,11-15H2,(H,36,37)/t17-,18+,20-,21?,22?. The highest BCUT2D eigenvalue weighted by atomic mass is 19.4. The quantitative estimate of drug-likeness (QED) is 0.403. The number of aliphatic carboxylic acids is 1. The Labute approximate surface area is 216 Å². The molecule has 1 saturated heterocycles.